The molecule has 1 aromatic carbocycles. The van der Waals surface area contributed by atoms with E-state index in [0.29, 0.717) is 25.1 Å². The van der Waals surface area contributed by atoms with Crippen molar-refractivity contribution >= 4 is 35.3 Å². The third-order valence-corrected chi connectivity index (χ3v) is 3.92. The van der Waals surface area contributed by atoms with Gasteiger partial charge in [0, 0.05) is 18.7 Å². The molecule has 7 nitrogen and oxygen atoms in total. The molecule has 0 aliphatic heterocycles. The Labute approximate surface area is 146 Å². The molecule has 1 aromatic rings. The Hall–Kier alpha value is -2.22. The molecule has 132 valence electrons. The lowest BCUT2D eigenvalue weighted by Crippen LogP contribution is -2.46. The summed E-state index contributed by atoms with van der Waals surface area (Å²) >= 11 is 1.63. The third kappa shape index (κ3) is 7.36. The van der Waals surface area contributed by atoms with Gasteiger partial charge in [0.15, 0.2) is 0 Å². The monoisotopic (exact) mass is 352 g/mol. The summed E-state index contributed by atoms with van der Waals surface area (Å²) in [7, 11) is 0. The number of thioether (sulfide) groups is 1. The van der Waals surface area contributed by atoms with Gasteiger partial charge in [-0.1, -0.05) is 19.1 Å². The molecule has 24 heavy (non-hydrogen) atoms. The first-order valence-corrected chi connectivity index (χ1v) is 9.07. The van der Waals surface area contributed by atoms with Gasteiger partial charge in [0.05, 0.1) is 0 Å². The number of urea groups is 1. The van der Waals surface area contributed by atoms with Crippen LogP contribution >= 0.6 is 11.8 Å². The largest absolute Gasteiger partial charge is 0.351 e. The summed E-state index contributed by atoms with van der Waals surface area (Å²) in [5.41, 5.74) is 6.51. The van der Waals surface area contributed by atoms with Crippen molar-refractivity contribution in [2.75, 3.05) is 17.3 Å². The van der Waals surface area contributed by atoms with Crippen LogP contribution in [0.2, 0.25) is 0 Å². The minimum absolute atomic E-state index is 0.141. The number of rotatable bonds is 9. The van der Waals surface area contributed by atoms with Crippen molar-refractivity contribution in [1.29, 1.82) is 0 Å². The Morgan fingerprint density at radius 3 is 2.42 bits per heavy atom. The highest BCUT2D eigenvalue weighted by Crippen LogP contribution is 2.09. The number of carbonyl (C=O) groups is 3. The lowest BCUT2D eigenvalue weighted by Gasteiger charge is -2.18. The second kappa shape index (κ2) is 10.5. The SMILES string of the molecule is CCC(=O)NC(CCSC)C(=O)NCc1ccc(NC(N)=O)cc1. The van der Waals surface area contributed by atoms with Gasteiger partial charge in [0.25, 0.3) is 0 Å². The number of nitrogens with two attached hydrogens (primary N) is 1. The molecular formula is C16H24N4O3S. The standard InChI is InChI=1S/C16H24N4O3S/c1-3-14(21)20-13(8-9-24-2)15(22)18-10-11-4-6-12(7-5-11)19-16(17)23/h4-7,13H,3,8-10H2,1-2H3,(H,18,22)(H,20,21)(H3,17,19,23). The molecule has 4 amide bonds. The third-order valence-electron chi connectivity index (χ3n) is 3.27. The van der Waals surface area contributed by atoms with E-state index in [4.69, 9.17) is 5.73 Å². The highest BCUT2D eigenvalue weighted by Gasteiger charge is 2.19. The zero-order chi connectivity index (χ0) is 17.9. The summed E-state index contributed by atoms with van der Waals surface area (Å²) in [6.45, 7) is 2.09. The van der Waals surface area contributed by atoms with E-state index >= 15 is 0 Å². The molecule has 0 saturated heterocycles. The van der Waals surface area contributed by atoms with Crippen LogP contribution in [0.1, 0.15) is 25.3 Å². The maximum Gasteiger partial charge on any atom is 0.316 e. The normalized spacial score (nSPS) is 11.4. The van der Waals surface area contributed by atoms with Crippen LogP contribution in [0.5, 0.6) is 0 Å². The molecule has 0 saturated carbocycles. The summed E-state index contributed by atoms with van der Waals surface area (Å²) in [4.78, 5) is 34.6. The van der Waals surface area contributed by atoms with Crippen LogP contribution in [-0.4, -0.2) is 35.9 Å². The number of benzene rings is 1. The molecule has 1 rings (SSSR count). The van der Waals surface area contributed by atoms with Crippen molar-refractivity contribution in [1.82, 2.24) is 10.6 Å². The molecule has 0 bridgehead atoms. The first-order valence-electron chi connectivity index (χ1n) is 7.67. The Morgan fingerprint density at radius 1 is 1.21 bits per heavy atom. The Kier molecular flexibility index (Phi) is 8.70. The summed E-state index contributed by atoms with van der Waals surface area (Å²) < 4.78 is 0. The van der Waals surface area contributed by atoms with E-state index in [9.17, 15) is 14.4 Å². The Bertz CT molecular complexity index is 563. The molecule has 5 N–H and O–H groups in total. The van der Waals surface area contributed by atoms with Crippen LogP contribution < -0.4 is 21.7 Å². The lowest BCUT2D eigenvalue weighted by atomic mass is 10.1. The van der Waals surface area contributed by atoms with Crippen LogP contribution in [0.15, 0.2) is 24.3 Å². The molecule has 0 radical (unpaired) electrons. The van der Waals surface area contributed by atoms with Gasteiger partial charge in [-0.3, -0.25) is 9.59 Å². The number of nitrogens with one attached hydrogen (secondary N) is 3. The maximum absolute atomic E-state index is 12.3. The minimum Gasteiger partial charge on any atom is -0.351 e. The van der Waals surface area contributed by atoms with E-state index < -0.39 is 12.1 Å². The number of hydrogen-bond donors (Lipinski definition) is 4. The fourth-order valence-corrected chi connectivity index (χ4v) is 2.43. The van der Waals surface area contributed by atoms with Crippen LogP contribution in [0.4, 0.5) is 10.5 Å². The minimum atomic E-state index is -0.626. The molecule has 0 aromatic heterocycles. The molecule has 1 atom stereocenters. The Morgan fingerprint density at radius 2 is 1.88 bits per heavy atom. The Balaban J connectivity index is 2.56. The first kappa shape index (κ1) is 19.8. The summed E-state index contributed by atoms with van der Waals surface area (Å²) in [6.07, 6.45) is 2.88. The predicted octanol–water partition coefficient (Wildman–Crippen LogP) is 1.44. The zero-order valence-electron chi connectivity index (χ0n) is 13.9. The summed E-state index contributed by atoms with van der Waals surface area (Å²) in [5.74, 6) is 0.443. The van der Waals surface area contributed by atoms with Gasteiger partial charge in [0.2, 0.25) is 11.8 Å². The molecule has 8 heteroatoms. The first-order chi connectivity index (χ1) is 11.5. The lowest BCUT2D eigenvalue weighted by molar-refractivity contribution is -0.129. The summed E-state index contributed by atoms with van der Waals surface area (Å²) in [5, 5.41) is 8.03. The number of carbonyl (C=O) groups excluding carboxylic acids is 3. The molecule has 0 heterocycles. The van der Waals surface area contributed by atoms with E-state index in [1.807, 2.05) is 6.26 Å². The fraction of sp³-hybridized carbons (Fsp3) is 0.438. The van der Waals surface area contributed by atoms with Crippen molar-refractivity contribution in [3.63, 3.8) is 0 Å². The van der Waals surface area contributed by atoms with Gasteiger partial charge < -0.3 is 21.7 Å². The maximum atomic E-state index is 12.3. The van der Waals surface area contributed by atoms with Crippen LogP contribution in [0.25, 0.3) is 0 Å². The van der Waals surface area contributed by atoms with Gasteiger partial charge in [0.1, 0.15) is 6.04 Å². The van der Waals surface area contributed by atoms with E-state index in [1.165, 1.54) is 0 Å². The highest BCUT2D eigenvalue weighted by molar-refractivity contribution is 7.98. The van der Waals surface area contributed by atoms with E-state index in [-0.39, 0.29) is 11.8 Å². The van der Waals surface area contributed by atoms with Gasteiger partial charge in [-0.25, -0.2) is 4.79 Å². The van der Waals surface area contributed by atoms with Crippen LogP contribution in [-0.2, 0) is 16.1 Å². The summed E-state index contributed by atoms with van der Waals surface area (Å²) in [6, 6.07) is 5.83. The molecule has 1 unspecified atom stereocenters. The fourth-order valence-electron chi connectivity index (χ4n) is 1.96. The van der Waals surface area contributed by atoms with E-state index in [0.717, 1.165) is 11.3 Å². The average Bonchev–Trinajstić information content (AvgIpc) is 2.56. The number of hydrogen-bond acceptors (Lipinski definition) is 4. The van der Waals surface area contributed by atoms with Crippen molar-refractivity contribution in [2.45, 2.75) is 32.4 Å². The number of anilines is 1. The predicted molar refractivity (Wildman–Crippen MR) is 96.7 cm³/mol. The molecule has 0 aliphatic rings. The number of amides is 4. The van der Waals surface area contributed by atoms with Crippen LogP contribution in [0, 0.1) is 0 Å². The second-order valence-electron chi connectivity index (χ2n) is 5.16. The van der Waals surface area contributed by atoms with Gasteiger partial charge in [-0.2, -0.15) is 11.8 Å². The van der Waals surface area contributed by atoms with E-state index in [1.54, 1.807) is 43.0 Å². The van der Waals surface area contributed by atoms with Gasteiger partial charge in [-0.05, 0) is 36.1 Å². The smallest absolute Gasteiger partial charge is 0.316 e. The van der Waals surface area contributed by atoms with E-state index in [2.05, 4.69) is 16.0 Å². The molecule has 0 spiro atoms. The van der Waals surface area contributed by atoms with Crippen molar-refractivity contribution < 1.29 is 14.4 Å². The van der Waals surface area contributed by atoms with Gasteiger partial charge in [-0.15, -0.1) is 0 Å². The van der Waals surface area contributed by atoms with Crippen molar-refractivity contribution in [3.8, 4) is 0 Å². The second-order valence-corrected chi connectivity index (χ2v) is 6.14. The van der Waals surface area contributed by atoms with Crippen molar-refractivity contribution in [2.24, 2.45) is 5.73 Å². The molecule has 0 fully saturated rings. The quantitative estimate of drug-likeness (QED) is 0.538. The van der Waals surface area contributed by atoms with Gasteiger partial charge >= 0.3 is 6.03 Å². The zero-order valence-corrected chi connectivity index (χ0v) is 14.7. The topological polar surface area (TPSA) is 113 Å². The molecule has 0 aliphatic carbocycles. The number of primary amides is 1. The van der Waals surface area contributed by atoms with Crippen molar-refractivity contribution in [3.05, 3.63) is 29.8 Å². The average molecular weight is 352 g/mol. The highest BCUT2D eigenvalue weighted by atomic mass is 32.2. The van der Waals surface area contributed by atoms with Crippen LogP contribution in [0.3, 0.4) is 0 Å². The molecular weight excluding hydrogens is 328 g/mol.